The Morgan fingerprint density at radius 3 is 2.69 bits per heavy atom. The van der Waals surface area contributed by atoms with Crippen LogP contribution in [0.3, 0.4) is 0 Å². The third-order valence-electron chi connectivity index (χ3n) is 8.42. The van der Waals surface area contributed by atoms with Crippen LogP contribution in [0.2, 0.25) is 0 Å². The largest absolute Gasteiger partial charge is 0.368 e. The lowest BCUT2D eigenvalue weighted by molar-refractivity contribution is -0.128. The van der Waals surface area contributed by atoms with E-state index in [0.717, 1.165) is 43.4 Å². The second kappa shape index (κ2) is 9.01. The fourth-order valence-electron chi connectivity index (χ4n) is 6.44. The second-order valence-corrected chi connectivity index (χ2v) is 12.6. The van der Waals surface area contributed by atoms with E-state index in [2.05, 4.69) is 46.1 Å². The molecule has 11 heteroatoms. The Morgan fingerprint density at radius 2 is 2.00 bits per heavy atom. The molecule has 0 aromatic heterocycles. The van der Waals surface area contributed by atoms with E-state index in [1.54, 1.807) is 19.2 Å². The van der Waals surface area contributed by atoms with Crippen molar-refractivity contribution < 1.29 is 13.2 Å². The molecule has 1 aromatic carbocycles. The molecule has 3 unspecified atom stereocenters. The van der Waals surface area contributed by atoms with Gasteiger partial charge in [-0.1, -0.05) is 0 Å². The number of hydrogen-bond acceptors (Lipinski definition) is 8. The molecule has 3 atom stereocenters. The van der Waals surface area contributed by atoms with Gasteiger partial charge in [-0.05, 0) is 70.0 Å². The highest BCUT2D eigenvalue weighted by Crippen LogP contribution is 2.43. The van der Waals surface area contributed by atoms with E-state index in [0.29, 0.717) is 30.4 Å². The van der Waals surface area contributed by atoms with Crippen LogP contribution in [0.1, 0.15) is 44.1 Å². The zero-order chi connectivity index (χ0) is 25.0. The minimum Gasteiger partial charge on any atom is -0.368 e. The van der Waals surface area contributed by atoms with Gasteiger partial charge >= 0.3 is 0 Å². The molecule has 3 fully saturated rings. The number of nitrogens with one attached hydrogen (secondary N) is 3. The predicted molar refractivity (Wildman–Crippen MR) is 131 cm³/mol. The van der Waals surface area contributed by atoms with Crippen molar-refractivity contribution in [1.29, 1.82) is 5.26 Å². The van der Waals surface area contributed by atoms with Crippen LogP contribution in [0.25, 0.3) is 0 Å². The maximum Gasteiger partial charge on any atom is 0.243 e. The van der Waals surface area contributed by atoms with Gasteiger partial charge in [-0.2, -0.15) is 9.57 Å². The van der Waals surface area contributed by atoms with Crippen molar-refractivity contribution in [3.8, 4) is 6.07 Å². The molecule has 1 aliphatic carbocycles. The van der Waals surface area contributed by atoms with E-state index < -0.39 is 10.0 Å². The average Bonchev–Trinajstić information content (AvgIpc) is 3.29. The predicted octanol–water partition coefficient (Wildman–Crippen LogP) is 1.04. The number of amides is 1. The zero-order valence-corrected chi connectivity index (χ0v) is 21.4. The summed E-state index contributed by atoms with van der Waals surface area (Å²) in [7, 11) is 2.37. The Labute approximate surface area is 207 Å². The van der Waals surface area contributed by atoms with Gasteiger partial charge in [-0.3, -0.25) is 4.79 Å². The lowest BCUT2D eigenvalue weighted by atomic mass is 9.75. The van der Waals surface area contributed by atoms with Crippen LogP contribution in [0.4, 0.5) is 5.69 Å². The van der Waals surface area contributed by atoms with Crippen LogP contribution in [-0.2, 0) is 21.4 Å². The van der Waals surface area contributed by atoms with Crippen LogP contribution in [0.15, 0.2) is 23.1 Å². The van der Waals surface area contributed by atoms with Crippen molar-refractivity contribution in [3.63, 3.8) is 0 Å². The van der Waals surface area contributed by atoms with Crippen LogP contribution in [0, 0.1) is 17.2 Å². The minimum absolute atomic E-state index is 0.00584. The Bertz CT molecular complexity index is 1140. The van der Waals surface area contributed by atoms with E-state index in [9.17, 15) is 18.5 Å². The van der Waals surface area contributed by atoms with Gasteiger partial charge in [-0.25, -0.2) is 18.9 Å². The van der Waals surface area contributed by atoms with Crippen LogP contribution < -0.4 is 16.1 Å². The molecular weight excluding hydrogens is 466 g/mol. The molecule has 3 heterocycles. The molecule has 0 spiro atoms. The molecule has 2 saturated heterocycles. The molecule has 1 aromatic rings. The van der Waals surface area contributed by atoms with Gasteiger partial charge in [0.15, 0.2) is 0 Å². The number of hydrazine groups is 1. The molecule has 4 aliphatic rings. The fraction of sp³-hybridized carbons (Fsp3) is 0.667. The normalized spacial score (nSPS) is 34.8. The second-order valence-electron chi connectivity index (χ2n) is 10.6. The molecule has 3 N–H and O–H groups in total. The van der Waals surface area contributed by atoms with E-state index in [-0.39, 0.29) is 29.6 Å². The summed E-state index contributed by atoms with van der Waals surface area (Å²) in [4.78, 5) is 15.7. The third-order valence-corrected chi connectivity index (χ3v) is 10.3. The van der Waals surface area contributed by atoms with Gasteiger partial charge in [-0.15, -0.1) is 0 Å². The van der Waals surface area contributed by atoms with Crippen molar-refractivity contribution in [2.75, 3.05) is 33.0 Å². The molecule has 5 rings (SSSR count). The first kappa shape index (κ1) is 24.5. The Balaban J connectivity index is 1.42. The topological polar surface area (TPSA) is 121 Å². The van der Waals surface area contributed by atoms with Gasteiger partial charge in [0.25, 0.3) is 0 Å². The van der Waals surface area contributed by atoms with Gasteiger partial charge in [0.05, 0.1) is 23.3 Å². The number of hydrogen-bond donors (Lipinski definition) is 3. The van der Waals surface area contributed by atoms with Crippen LogP contribution in [0.5, 0.6) is 0 Å². The Morgan fingerprint density at radius 1 is 1.26 bits per heavy atom. The molecule has 190 valence electrons. The van der Waals surface area contributed by atoms with Crippen LogP contribution in [-0.4, -0.2) is 80.0 Å². The van der Waals surface area contributed by atoms with Gasteiger partial charge < -0.3 is 15.5 Å². The highest BCUT2D eigenvalue weighted by molar-refractivity contribution is 7.89. The molecule has 10 nitrogen and oxygen atoms in total. The molecule has 0 bridgehead atoms. The summed E-state index contributed by atoms with van der Waals surface area (Å²) in [5, 5.41) is 18.5. The van der Waals surface area contributed by atoms with Crippen molar-refractivity contribution >= 4 is 21.6 Å². The number of benzene rings is 1. The summed E-state index contributed by atoms with van der Waals surface area (Å²) in [5.41, 5.74) is 4.82. The highest BCUT2D eigenvalue weighted by Gasteiger charge is 2.55. The summed E-state index contributed by atoms with van der Waals surface area (Å²) >= 11 is 0. The molecular formula is C24H35N7O3S. The van der Waals surface area contributed by atoms with E-state index in [1.807, 2.05) is 6.07 Å². The smallest absolute Gasteiger partial charge is 0.243 e. The SMILES string of the molecule is CN(C)C1CCC(CC#N)(N2NC(Nc3ccc4c(c3)CN(C)S4(=O)=O)C3C(=O)NCCC32)CC1. The lowest BCUT2D eigenvalue weighted by Crippen LogP contribution is -2.60. The number of anilines is 1. The fourth-order valence-corrected chi connectivity index (χ4v) is 7.78. The maximum absolute atomic E-state index is 13.0. The first-order chi connectivity index (χ1) is 16.7. The van der Waals surface area contributed by atoms with Crippen molar-refractivity contribution in [1.82, 2.24) is 25.0 Å². The molecule has 35 heavy (non-hydrogen) atoms. The number of rotatable bonds is 5. The first-order valence-electron chi connectivity index (χ1n) is 12.4. The standard InChI is InChI=1S/C24H35N7O3S/c1-29(2)18-6-9-24(10-7-18,11-12-25)31-19-8-13-26-23(32)21(19)22(28-31)27-17-4-5-20-16(14-17)15-30(3)35(20,33)34/h4-5,14,18-19,21-22,27-28H,6-11,13,15H2,1-3H3,(H,26,32). The molecule has 0 radical (unpaired) electrons. The van der Waals surface area contributed by atoms with Gasteiger partial charge in [0.2, 0.25) is 15.9 Å². The van der Waals surface area contributed by atoms with E-state index in [4.69, 9.17) is 0 Å². The number of nitriles is 1. The Kier molecular flexibility index (Phi) is 6.30. The number of fused-ring (bicyclic) bond motifs is 2. The Hall–Kier alpha value is -2.23. The summed E-state index contributed by atoms with van der Waals surface area (Å²) in [6.45, 7) is 0.958. The quantitative estimate of drug-likeness (QED) is 0.547. The van der Waals surface area contributed by atoms with Gasteiger partial charge in [0.1, 0.15) is 6.17 Å². The number of carbonyl (C=O) groups excluding carboxylic acids is 1. The first-order valence-corrected chi connectivity index (χ1v) is 13.8. The van der Waals surface area contributed by atoms with Crippen molar-refractivity contribution in [2.24, 2.45) is 5.92 Å². The number of nitrogens with zero attached hydrogens (tertiary/aromatic N) is 4. The van der Waals surface area contributed by atoms with Gasteiger partial charge in [0, 0.05) is 43.4 Å². The number of carbonyl (C=O) groups is 1. The van der Waals surface area contributed by atoms with E-state index in [1.165, 1.54) is 4.31 Å². The van der Waals surface area contributed by atoms with Crippen LogP contribution >= 0.6 is 0 Å². The maximum atomic E-state index is 13.0. The minimum atomic E-state index is -3.42. The third kappa shape index (κ3) is 4.11. The lowest BCUT2D eigenvalue weighted by Gasteiger charge is -2.49. The summed E-state index contributed by atoms with van der Waals surface area (Å²) in [6.07, 6.45) is 4.72. The summed E-state index contributed by atoms with van der Waals surface area (Å²) in [6, 6.07) is 8.20. The molecule has 3 aliphatic heterocycles. The summed E-state index contributed by atoms with van der Waals surface area (Å²) < 4.78 is 26.3. The summed E-state index contributed by atoms with van der Waals surface area (Å²) in [5.74, 6) is -0.308. The highest BCUT2D eigenvalue weighted by atomic mass is 32.2. The number of piperidine rings is 1. The molecule has 1 amide bonds. The molecule has 1 saturated carbocycles. The monoisotopic (exact) mass is 501 g/mol. The zero-order valence-electron chi connectivity index (χ0n) is 20.6. The average molecular weight is 502 g/mol. The van der Waals surface area contributed by atoms with Crippen molar-refractivity contribution in [2.45, 2.75) is 73.8 Å². The van der Waals surface area contributed by atoms with E-state index >= 15 is 0 Å². The number of sulfonamides is 1. The van der Waals surface area contributed by atoms with Crippen molar-refractivity contribution in [3.05, 3.63) is 23.8 Å².